The Kier molecular flexibility index (Phi) is 6.06. The molecule has 0 unspecified atom stereocenters. The molecule has 2 heterocycles. The van der Waals surface area contributed by atoms with Crippen LogP contribution >= 0.6 is 34.9 Å². The van der Waals surface area contributed by atoms with Crippen LogP contribution < -0.4 is 5.32 Å². The van der Waals surface area contributed by atoms with Crippen LogP contribution in [0, 0.1) is 0 Å². The Morgan fingerprint density at radius 2 is 2.15 bits per heavy atom. The van der Waals surface area contributed by atoms with Crippen molar-refractivity contribution in [3.8, 4) is 0 Å². The van der Waals surface area contributed by atoms with Crippen LogP contribution in [0.25, 0.3) is 0 Å². The number of aryl methyl sites for hydroxylation is 1. The summed E-state index contributed by atoms with van der Waals surface area (Å²) in [5.74, 6) is 2.48. The van der Waals surface area contributed by atoms with Gasteiger partial charge in [0.2, 0.25) is 0 Å². The van der Waals surface area contributed by atoms with E-state index in [-0.39, 0.29) is 0 Å². The van der Waals surface area contributed by atoms with Crippen molar-refractivity contribution in [2.75, 3.05) is 11.9 Å². The highest BCUT2D eigenvalue weighted by Crippen LogP contribution is 2.27. The van der Waals surface area contributed by atoms with Gasteiger partial charge in [-0.05, 0) is 30.1 Å². The van der Waals surface area contributed by atoms with E-state index in [1.54, 1.807) is 11.8 Å². The lowest BCUT2D eigenvalue weighted by Crippen LogP contribution is -2.03. The standard InChI is InChI=1S/C13H17ClN4S2/c1-3-7-15-12-6-5-9(14)10(16-12)8-19-13-17-11(4-2)18-20-13/h5-6H,3-4,7-8H2,1-2H3,(H,15,16). The number of anilines is 1. The van der Waals surface area contributed by atoms with Crippen LogP contribution in [0.5, 0.6) is 0 Å². The van der Waals surface area contributed by atoms with Gasteiger partial charge in [0.25, 0.3) is 0 Å². The van der Waals surface area contributed by atoms with Crippen molar-refractivity contribution in [1.82, 2.24) is 14.3 Å². The SMILES string of the molecule is CCCNc1ccc(Cl)c(CSc2nc(CC)ns2)n1. The summed E-state index contributed by atoms with van der Waals surface area (Å²) < 4.78 is 5.24. The van der Waals surface area contributed by atoms with E-state index >= 15 is 0 Å². The van der Waals surface area contributed by atoms with E-state index in [1.165, 1.54) is 11.5 Å². The molecule has 0 saturated carbocycles. The second-order valence-corrected chi connectivity index (χ2v) is 6.55. The molecule has 2 aromatic rings. The van der Waals surface area contributed by atoms with E-state index in [1.807, 2.05) is 12.1 Å². The zero-order valence-electron chi connectivity index (χ0n) is 11.5. The van der Waals surface area contributed by atoms with E-state index in [0.29, 0.717) is 10.8 Å². The first kappa shape index (κ1) is 15.5. The van der Waals surface area contributed by atoms with Crippen molar-refractivity contribution in [3.05, 3.63) is 28.7 Å². The number of halogens is 1. The molecule has 2 rings (SSSR count). The second kappa shape index (κ2) is 7.81. The van der Waals surface area contributed by atoms with Gasteiger partial charge in [0, 0.05) is 18.7 Å². The van der Waals surface area contributed by atoms with Gasteiger partial charge < -0.3 is 5.32 Å². The van der Waals surface area contributed by atoms with Crippen molar-refractivity contribution in [2.45, 2.75) is 36.8 Å². The Labute approximate surface area is 132 Å². The van der Waals surface area contributed by atoms with Gasteiger partial charge in [0.1, 0.15) is 11.6 Å². The Morgan fingerprint density at radius 3 is 2.85 bits per heavy atom. The molecule has 7 heteroatoms. The Hall–Kier alpha value is -0.850. The zero-order valence-corrected chi connectivity index (χ0v) is 13.9. The summed E-state index contributed by atoms with van der Waals surface area (Å²) in [6.07, 6.45) is 1.94. The van der Waals surface area contributed by atoms with Gasteiger partial charge in [0.15, 0.2) is 4.34 Å². The maximum absolute atomic E-state index is 6.19. The third-order valence-corrected chi connectivity index (χ3v) is 4.80. The quantitative estimate of drug-likeness (QED) is 0.769. The number of hydrogen-bond acceptors (Lipinski definition) is 6. The van der Waals surface area contributed by atoms with Gasteiger partial charge in [-0.3, -0.25) is 0 Å². The van der Waals surface area contributed by atoms with Gasteiger partial charge in [-0.25, -0.2) is 9.97 Å². The fraction of sp³-hybridized carbons (Fsp3) is 0.462. The molecular weight excluding hydrogens is 312 g/mol. The minimum Gasteiger partial charge on any atom is -0.370 e. The highest BCUT2D eigenvalue weighted by Gasteiger charge is 2.08. The molecule has 0 radical (unpaired) electrons. The summed E-state index contributed by atoms with van der Waals surface area (Å²) in [6, 6.07) is 3.80. The molecular formula is C13H17ClN4S2. The molecule has 0 aliphatic heterocycles. The largest absolute Gasteiger partial charge is 0.370 e. The smallest absolute Gasteiger partial charge is 0.170 e. The summed E-state index contributed by atoms with van der Waals surface area (Å²) >= 11 is 9.25. The van der Waals surface area contributed by atoms with Crippen LogP contribution in [0.1, 0.15) is 31.8 Å². The van der Waals surface area contributed by atoms with Gasteiger partial charge in [-0.2, -0.15) is 4.37 Å². The van der Waals surface area contributed by atoms with Gasteiger partial charge in [-0.1, -0.05) is 37.2 Å². The summed E-state index contributed by atoms with van der Waals surface area (Å²) in [7, 11) is 0. The predicted octanol–water partition coefficient (Wildman–Crippen LogP) is 4.26. The molecule has 0 aliphatic rings. The number of nitrogens with zero attached hydrogens (tertiary/aromatic N) is 3. The number of aromatic nitrogens is 3. The second-order valence-electron chi connectivity index (χ2n) is 4.17. The number of pyridine rings is 1. The summed E-state index contributed by atoms with van der Waals surface area (Å²) in [6.45, 7) is 5.09. The molecule has 1 N–H and O–H groups in total. The van der Waals surface area contributed by atoms with E-state index in [0.717, 1.165) is 41.1 Å². The van der Waals surface area contributed by atoms with Gasteiger partial charge in [-0.15, -0.1) is 0 Å². The number of rotatable bonds is 7. The molecule has 0 aromatic carbocycles. The van der Waals surface area contributed by atoms with Crippen molar-refractivity contribution in [1.29, 1.82) is 0 Å². The van der Waals surface area contributed by atoms with Crippen LogP contribution in [0.4, 0.5) is 5.82 Å². The summed E-state index contributed by atoms with van der Waals surface area (Å²) in [5.41, 5.74) is 0.881. The molecule has 0 aliphatic carbocycles. The highest BCUT2D eigenvalue weighted by atomic mass is 35.5. The van der Waals surface area contributed by atoms with Gasteiger partial charge >= 0.3 is 0 Å². The van der Waals surface area contributed by atoms with Crippen molar-refractivity contribution < 1.29 is 0 Å². The van der Waals surface area contributed by atoms with E-state index in [2.05, 4.69) is 33.5 Å². The van der Waals surface area contributed by atoms with E-state index in [4.69, 9.17) is 11.6 Å². The Morgan fingerprint density at radius 1 is 1.30 bits per heavy atom. The average molecular weight is 329 g/mol. The Bertz CT molecular complexity index is 559. The van der Waals surface area contributed by atoms with Crippen LogP contribution in [-0.2, 0) is 12.2 Å². The maximum atomic E-state index is 6.19. The first-order valence-corrected chi connectivity index (χ1v) is 8.71. The van der Waals surface area contributed by atoms with Crippen LogP contribution in [0.3, 0.4) is 0 Å². The number of thioether (sulfide) groups is 1. The number of hydrogen-bond donors (Lipinski definition) is 1. The number of nitrogens with one attached hydrogen (secondary N) is 1. The minimum atomic E-state index is 0.694. The molecule has 0 bridgehead atoms. The fourth-order valence-electron chi connectivity index (χ4n) is 1.51. The average Bonchev–Trinajstić information content (AvgIpc) is 2.93. The molecule has 0 spiro atoms. The van der Waals surface area contributed by atoms with Crippen molar-refractivity contribution in [3.63, 3.8) is 0 Å². The summed E-state index contributed by atoms with van der Waals surface area (Å²) in [5, 5.41) is 3.96. The lowest BCUT2D eigenvalue weighted by molar-refractivity contribution is 0.964. The third-order valence-electron chi connectivity index (χ3n) is 2.57. The topological polar surface area (TPSA) is 50.7 Å². The highest BCUT2D eigenvalue weighted by molar-refractivity contribution is 8.00. The molecule has 2 aromatic heterocycles. The van der Waals surface area contributed by atoms with Crippen LogP contribution in [0.2, 0.25) is 5.02 Å². The molecule has 108 valence electrons. The van der Waals surface area contributed by atoms with Crippen molar-refractivity contribution in [2.24, 2.45) is 0 Å². The van der Waals surface area contributed by atoms with Gasteiger partial charge in [0.05, 0.1) is 10.7 Å². The zero-order chi connectivity index (χ0) is 14.4. The molecule has 0 saturated heterocycles. The fourth-order valence-corrected chi connectivity index (χ4v) is 3.41. The monoisotopic (exact) mass is 328 g/mol. The molecule has 0 amide bonds. The van der Waals surface area contributed by atoms with Crippen molar-refractivity contribution >= 4 is 40.7 Å². The third kappa shape index (κ3) is 4.33. The normalized spacial score (nSPS) is 10.8. The minimum absolute atomic E-state index is 0.694. The molecule has 4 nitrogen and oxygen atoms in total. The molecule has 20 heavy (non-hydrogen) atoms. The predicted molar refractivity (Wildman–Crippen MR) is 86.9 cm³/mol. The molecule has 0 fully saturated rings. The lowest BCUT2D eigenvalue weighted by Gasteiger charge is -2.07. The first-order chi connectivity index (χ1) is 9.72. The maximum Gasteiger partial charge on any atom is 0.170 e. The molecule has 0 atom stereocenters. The van der Waals surface area contributed by atoms with Crippen LogP contribution in [0.15, 0.2) is 16.5 Å². The first-order valence-electron chi connectivity index (χ1n) is 6.57. The summed E-state index contributed by atoms with van der Waals surface area (Å²) in [4.78, 5) is 8.97. The lowest BCUT2D eigenvalue weighted by atomic mass is 10.3. The Balaban J connectivity index is 2.00. The van der Waals surface area contributed by atoms with E-state index < -0.39 is 0 Å². The van der Waals surface area contributed by atoms with Crippen LogP contribution in [-0.4, -0.2) is 20.9 Å². The van der Waals surface area contributed by atoms with E-state index in [9.17, 15) is 0 Å².